The van der Waals surface area contributed by atoms with Crippen molar-refractivity contribution in [2.24, 2.45) is 0 Å². The predicted molar refractivity (Wildman–Crippen MR) is 120 cm³/mol. The monoisotopic (exact) mass is 434 g/mol. The van der Waals surface area contributed by atoms with Gasteiger partial charge in [0.15, 0.2) is 0 Å². The number of urea groups is 1. The second-order valence-corrected chi connectivity index (χ2v) is 8.19. The first-order valence-corrected chi connectivity index (χ1v) is 10.8. The molecule has 2 saturated heterocycles. The van der Waals surface area contributed by atoms with Crippen molar-refractivity contribution in [1.29, 1.82) is 0 Å². The van der Waals surface area contributed by atoms with Crippen molar-refractivity contribution >= 4 is 35.1 Å². The molecule has 1 atom stereocenters. The molecule has 5 amide bonds. The minimum absolute atomic E-state index is 0.0910. The Morgan fingerprint density at radius 3 is 2.34 bits per heavy atom. The molecule has 0 spiro atoms. The number of hydrogen-bond donors (Lipinski definition) is 2. The highest BCUT2D eigenvalue weighted by molar-refractivity contribution is 6.10. The molecule has 0 aromatic heterocycles. The predicted octanol–water partition coefficient (Wildman–Crippen LogP) is 2.92. The van der Waals surface area contributed by atoms with E-state index in [0.717, 1.165) is 22.6 Å². The van der Waals surface area contributed by atoms with Crippen LogP contribution in [0.5, 0.6) is 0 Å². The maximum absolute atomic E-state index is 13.2. The number of nitrogens with one attached hydrogen (secondary N) is 2. The number of aryl methyl sites for hydroxylation is 1. The number of imide groups is 1. The summed E-state index contributed by atoms with van der Waals surface area (Å²) in [6.45, 7) is 4.08. The largest absolute Gasteiger partial charge is 0.325 e. The number of hydrogen-bond acceptors (Lipinski definition) is 4. The van der Waals surface area contributed by atoms with E-state index in [0.29, 0.717) is 30.6 Å². The van der Waals surface area contributed by atoms with E-state index < -0.39 is 23.4 Å². The first-order valence-electron chi connectivity index (χ1n) is 10.8. The summed E-state index contributed by atoms with van der Waals surface area (Å²) in [5.41, 5.74) is 1.88. The van der Waals surface area contributed by atoms with E-state index in [1.807, 2.05) is 38.1 Å². The van der Waals surface area contributed by atoms with Crippen LogP contribution in [0.15, 0.2) is 48.5 Å². The summed E-state index contributed by atoms with van der Waals surface area (Å²) >= 11 is 0. The molecule has 8 nitrogen and oxygen atoms in total. The molecule has 166 valence electrons. The first kappa shape index (κ1) is 21.5. The van der Waals surface area contributed by atoms with Crippen LogP contribution in [0.1, 0.15) is 37.3 Å². The zero-order chi connectivity index (χ0) is 22.9. The lowest BCUT2D eigenvalue weighted by molar-refractivity contribution is -0.134. The summed E-state index contributed by atoms with van der Waals surface area (Å²) < 4.78 is 0. The van der Waals surface area contributed by atoms with Gasteiger partial charge in [-0.2, -0.15) is 0 Å². The Morgan fingerprint density at radius 2 is 1.75 bits per heavy atom. The molecule has 32 heavy (non-hydrogen) atoms. The number of carbonyl (C=O) groups excluding carboxylic acids is 4. The topological polar surface area (TPSA) is 98.8 Å². The maximum atomic E-state index is 13.2. The fourth-order valence-corrected chi connectivity index (χ4v) is 4.24. The van der Waals surface area contributed by atoms with E-state index >= 15 is 0 Å². The average molecular weight is 434 g/mol. The lowest BCUT2D eigenvalue weighted by Crippen LogP contribution is -2.44. The Bertz CT molecular complexity index is 1060. The molecule has 2 fully saturated rings. The third-order valence-electron chi connectivity index (χ3n) is 6.09. The number of carbonyl (C=O) groups is 4. The molecule has 0 radical (unpaired) electrons. The van der Waals surface area contributed by atoms with Gasteiger partial charge >= 0.3 is 6.03 Å². The Hall–Kier alpha value is -3.68. The van der Waals surface area contributed by atoms with E-state index in [1.165, 1.54) is 0 Å². The minimum atomic E-state index is -1.17. The molecule has 2 N–H and O–H groups in total. The Balaban J connectivity index is 1.44. The summed E-state index contributed by atoms with van der Waals surface area (Å²) in [5.74, 6) is -0.825. The van der Waals surface area contributed by atoms with Crippen LogP contribution >= 0.6 is 0 Å². The van der Waals surface area contributed by atoms with E-state index in [4.69, 9.17) is 0 Å². The van der Waals surface area contributed by atoms with Gasteiger partial charge < -0.3 is 15.5 Å². The van der Waals surface area contributed by atoms with Crippen LogP contribution in [0, 0.1) is 6.92 Å². The normalized spacial score (nSPS) is 20.6. The van der Waals surface area contributed by atoms with Gasteiger partial charge in [0.2, 0.25) is 11.8 Å². The van der Waals surface area contributed by atoms with Gasteiger partial charge in [0.25, 0.3) is 5.91 Å². The standard InChI is InChI=1S/C24H26N4O4/c1-3-24(17-8-6-16(2)7-9-17)22(31)28(23(32)26-24)15-20(29)25-18-10-12-19(13-11-18)27-14-4-5-21(27)30/h6-13H,3-5,14-15H2,1-2H3,(H,25,29)(H,26,32). The van der Waals surface area contributed by atoms with Crippen LogP contribution in [-0.2, 0) is 19.9 Å². The van der Waals surface area contributed by atoms with Crippen molar-refractivity contribution in [2.75, 3.05) is 23.3 Å². The maximum Gasteiger partial charge on any atom is 0.325 e. The Kier molecular flexibility index (Phi) is 5.69. The van der Waals surface area contributed by atoms with Crippen LogP contribution in [0.2, 0.25) is 0 Å². The first-order chi connectivity index (χ1) is 15.3. The van der Waals surface area contributed by atoms with Gasteiger partial charge in [-0.25, -0.2) is 4.79 Å². The summed E-state index contributed by atoms with van der Waals surface area (Å²) in [7, 11) is 0. The average Bonchev–Trinajstić information content (AvgIpc) is 3.31. The van der Waals surface area contributed by atoms with Gasteiger partial charge in [-0.1, -0.05) is 36.8 Å². The van der Waals surface area contributed by atoms with Crippen molar-refractivity contribution in [2.45, 2.75) is 38.6 Å². The second kappa shape index (κ2) is 8.45. The van der Waals surface area contributed by atoms with Gasteiger partial charge in [0.05, 0.1) is 0 Å². The third-order valence-corrected chi connectivity index (χ3v) is 6.09. The van der Waals surface area contributed by atoms with Gasteiger partial charge in [-0.3, -0.25) is 19.3 Å². The quantitative estimate of drug-likeness (QED) is 0.683. The smallest absolute Gasteiger partial charge is 0.325 e. The molecule has 2 aromatic rings. The van der Waals surface area contributed by atoms with Crippen LogP contribution in [0.3, 0.4) is 0 Å². The van der Waals surface area contributed by atoms with Crippen LogP contribution in [0.25, 0.3) is 0 Å². The zero-order valence-electron chi connectivity index (χ0n) is 18.2. The molecule has 0 aliphatic carbocycles. The number of nitrogens with zero attached hydrogens (tertiary/aromatic N) is 2. The van der Waals surface area contributed by atoms with Gasteiger partial charge in [-0.05, 0) is 49.6 Å². The van der Waals surface area contributed by atoms with E-state index in [1.54, 1.807) is 29.2 Å². The Labute approximate surface area is 186 Å². The number of rotatable bonds is 6. The van der Waals surface area contributed by atoms with E-state index in [9.17, 15) is 19.2 Å². The lowest BCUT2D eigenvalue weighted by Gasteiger charge is -2.26. The van der Waals surface area contributed by atoms with Crippen molar-refractivity contribution < 1.29 is 19.2 Å². The van der Waals surface area contributed by atoms with Gasteiger partial charge in [-0.15, -0.1) is 0 Å². The molecule has 8 heteroatoms. The van der Waals surface area contributed by atoms with Crippen molar-refractivity contribution in [1.82, 2.24) is 10.2 Å². The number of anilines is 2. The fraction of sp³-hybridized carbons (Fsp3) is 0.333. The van der Waals surface area contributed by atoms with Gasteiger partial charge in [0.1, 0.15) is 12.1 Å². The minimum Gasteiger partial charge on any atom is -0.325 e. The molecule has 1 unspecified atom stereocenters. The number of benzene rings is 2. The molecule has 2 aliphatic rings. The molecular formula is C24H26N4O4. The third kappa shape index (κ3) is 3.84. The summed E-state index contributed by atoms with van der Waals surface area (Å²) in [4.78, 5) is 52.9. The van der Waals surface area contributed by atoms with Crippen LogP contribution < -0.4 is 15.5 Å². The molecule has 4 rings (SSSR count). The molecule has 2 aromatic carbocycles. The van der Waals surface area contributed by atoms with Crippen molar-refractivity contribution in [3.05, 3.63) is 59.7 Å². The van der Waals surface area contributed by atoms with Crippen LogP contribution in [0.4, 0.5) is 16.2 Å². The summed E-state index contributed by atoms with van der Waals surface area (Å²) in [6.07, 6.45) is 1.76. The zero-order valence-corrected chi connectivity index (χ0v) is 18.2. The van der Waals surface area contributed by atoms with Crippen LogP contribution in [-0.4, -0.2) is 41.7 Å². The second-order valence-electron chi connectivity index (χ2n) is 8.19. The molecular weight excluding hydrogens is 408 g/mol. The molecule has 2 heterocycles. The highest BCUT2D eigenvalue weighted by atomic mass is 16.2. The summed E-state index contributed by atoms with van der Waals surface area (Å²) in [5, 5.41) is 5.50. The highest BCUT2D eigenvalue weighted by Gasteiger charge is 2.51. The molecule has 0 saturated carbocycles. The Morgan fingerprint density at radius 1 is 1.06 bits per heavy atom. The lowest BCUT2D eigenvalue weighted by atomic mass is 9.87. The van der Waals surface area contributed by atoms with Gasteiger partial charge in [0, 0.05) is 24.3 Å². The van der Waals surface area contributed by atoms with Crippen molar-refractivity contribution in [3.63, 3.8) is 0 Å². The number of amides is 5. The fourth-order valence-electron chi connectivity index (χ4n) is 4.24. The summed E-state index contributed by atoms with van der Waals surface area (Å²) in [6, 6.07) is 13.8. The molecule has 2 aliphatic heterocycles. The van der Waals surface area contributed by atoms with Crippen molar-refractivity contribution in [3.8, 4) is 0 Å². The SMILES string of the molecule is CCC1(c2ccc(C)cc2)NC(=O)N(CC(=O)Nc2ccc(N3CCCC3=O)cc2)C1=O. The highest BCUT2D eigenvalue weighted by Crippen LogP contribution is 2.32. The van der Waals surface area contributed by atoms with E-state index in [-0.39, 0.29) is 12.5 Å². The van der Waals surface area contributed by atoms with E-state index in [2.05, 4.69) is 10.6 Å². The molecule has 0 bridgehead atoms.